The molecule has 56 valence electrons. The predicted molar refractivity (Wildman–Crippen MR) is 38.6 cm³/mol. The predicted octanol–water partition coefficient (Wildman–Crippen LogP) is 1.05. The maximum atomic E-state index is 4.93. The van der Waals surface area contributed by atoms with Crippen molar-refractivity contribution >= 4 is 0 Å². The number of hydrogen-bond donors (Lipinski definition) is 0. The molecule has 3 nitrogen and oxygen atoms in total. The van der Waals surface area contributed by atoms with Crippen LogP contribution in [0.2, 0.25) is 0 Å². The lowest BCUT2D eigenvalue weighted by molar-refractivity contribution is 0.185. The van der Waals surface area contributed by atoms with Crippen LogP contribution in [-0.2, 0) is 17.9 Å². The van der Waals surface area contributed by atoms with Crippen LogP contribution in [-0.4, -0.2) is 16.9 Å². The molecule has 0 saturated carbocycles. The first-order chi connectivity index (χ1) is 4.86. The van der Waals surface area contributed by atoms with Crippen molar-refractivity contribution in [2.24, 2.45) is 0 Å². The fourth-order valence-electron chi connectivity index (χ4n) is 0.821. The summed E-state index contributed by atoms with van der Waals surface area (Å²) < 4.78 is 6.82. The van der Waals surface area contributed by atoms with Crippen molar-refractivity contribution in [3.8, 4) is 0 Å². The van der Waals surface area contributed by atoms with Crippen molar-refractivity contribution in [1.29, 1.82) is 0 Å². The first-order valence-corrected chi connectivity index (χ1v) is 3.37. The van der Waals surface area contributed by atoms with Gasteiger partial charge in [0, 0.05) is 25.4 Å². The molecule has 0 spiro atoms. The topological polar surface area (TPSA) is 27.1 Å². The van der Waals surface area contributed by atoms with E-state index in [4.69, 9.17) is 4.74 Å². The van der Waals surface area contributed by atoms with Gasteiger partial charge in [-0.25, -0.2) is 0 Å². The average molecular weight is 140 g/mol. The lowest BCUT2D eigenvalue weighted by Crippen LogP contribution is -1.92. The van der Waals surface area contributed by atoms with Gasteiger partial charge < -0.3 is 4.74 Å². The Kier molecular flexibility index (Phi) is 2.45. The quantitative estimate of drug-likeness (QED) is 0.627. The Labute approximate surface area is 60.6 Å². The van der Waals surface area contributed by atoms with Crippen molar-refractivity contribution in [2.45, 2.75) is 20.1 Å². The van der Waals surface area contributed by atoms with Crippen LogP contribution in [0, 0.1) is 0 Å². The Morgan fingerprint density at radius 1 is 1.70 bits per heavy atom. The number of aryl methyl sites for hydroxylation is 1. The average Bonchev–Trinajstić information content (AvgIpc) is 2.37. The molecular formula is C7H12N2O. The number of ether oxygens (including phenoxy) is 1. The van der Waals surface area contributed by atoms with E-state index in [0.29, 0.717) is 6.61 Å². The van der Waals surface area contributed by atoms with Crippen LogP contribution in [0.1, 0.15) is 12.5 Å². The molecular weight excluding hydrogens is 128 g/mol. The van der Waals surface area contributed by atoms with Gasteiger partial charge in [-0.1, -0.05) is 0 Å². The summed E-state index contributed by atoms with van der Waals surface area (Å²) in [5.41, 5.74) is 1.13. The Morgan fingerprint density at radius 3 is 3.00 bits per heavy atom. The summed E-state index contributed by atoms with van der Waals surface area (Å²) in [6, 6.07) is 0. The summed E-state index contributed by atoms with van der Waals surface area (Å²) in [4.78, 5) is 0. The third-order valence-electron chi connectivity index (χ3n) is 1.32. The molecule has 1 rings (SSSR count). The molecule has 0 atom stereocenters. The zero-order valence-corrected chi connectivity index (χ0v) is 6.37. The Morgan fingerprint density at radius 2 is 2.50 bits per heavy atom. The molecule has 0 fully saturated rings. The van der Waals surface area contributed by atoms with Gasteiger partial charge in [-0.2, -0.15) is 5.10 Å². The molecule has 0 aliphatic carbocycles. The molecule has 1 heterocycles. The van der Waals surface area contributed by atoms with Crippen LogP contribution in [0.3, 0.4) is 0 Å². The van der Waals surface area contributed by atoms with Crippen LogP contribution in [0.5, 0.6) is 0 Å². The highest BCUT2D eigenvalue weighted by molar-refractivity contribution is 5.01. The lowest BCUT2D eigenvalue weighted by atomic mass is 10.4. The third-order valence-corrected chi connectivity index (χ3v) is 1.32. The van der Waals surface area contributed by atoms with Gasteiger partial charge in [-0.05, 0) is 6.92 Å². The van der Waals surface area contributed by atoms with E-state index in [1.165, 1.54) is 0 Å². The van der Waals surface area contributed by atoms with E-state index in [2.05, 4.69) is 12.0 Å². The molecule has 0 radical (unpaired) electrons. The van der Waals surface area contributed by atoms with E-state index in [1.54, 1.807) is 7.11 Å². The second kappa shape index (κ2) is 3.37. The van der Waals surface area contributed by atoms with Crippen LogP contribution < -0.4 is 0 Å². The van der Waals surface area contributed by atoms with Crippen molar-refractivity contribution in [2.75, 3.05) is 7.11 Å². The van der Waals surface area contributed by atoms with E-state index in [9.17, 15) is 0 Å². The van der Waals surface area contributed by atoms with Gasteiger partial charge in [0.25, 0.3) is 0 Å². The number of methoxy groups -OCH3 is 1. The van der Waals surface area contributed by atoms with Crippen molar-refractivity contribution in [1.82, 2.24) is 9.78 Å². The molecule has 0 saturated heterocycles. The number of aromatic nitrogens is 2. The second-order valence-electron chi connectivity index (χ2n) is 2.14. The first-order valence-electron chi connectivity index (χ1n) is 3.37. The zero-order valence-electron chi connectivity index (χ0n) is 6.37. The molecule has 0 aromatic carbocycles. The highest BCUT2D eigenvalue weighted by Gasteiger charge is 1.93. The van der Waals surface area contributed by atoms with Crippen molar-refractivity contribution < 1.29 is 4.74 Å². The summed E-state index contributed by atoms with van der Waals surface area (Å²) in [5.74, 6) is 0. The first kappa shape index (κ1) is 7.28. The van der Waals surface area contributed by atoms with Gasteiger partial charge in [0.05, 0.1) is 12.8 Å². The Balaban J connectivity index is 2.59. The van der Waals surface area contributed by atoms with Crippen molar-refractivity contribution in [3.05, 3.63) is 18.0 Å². The Hall–Kier alpha value is -0.830. The van der Waals surface area contributed by atoms with Crippen LogP contribution in [0.15, 0.2) is 12.4 Å². The van der Waals surface area contributed by atoms with Crippen LogP contribution in [0.4, 0.5) is 0 Å². The highest BCUT2D eigenvalue weighted by Crippen LogP contribution is 1.97. The molecule has 10 heavy (non-hydrogen) atoms. The number of rotatable bonds is 3. The second-order valence-corrected chi connectivity index (χ2v) is 2.14. The fraction of sp³-hybridized carbons (Fsp3) is 0.571. The van der Waals surface area contributed by atoms with Gasteiger partial charge in [0.2, 0.25) is 0 Å². The maximum absolute atomic E-state index is 4.93. The van der Waals surface area contributed by atoms with Gasteiger partial charge in [0.1, 0.15) is 0 Å². The molecule has 0 bridgehead atoms. The monoisotopic (exact) mass is 140 g/mol. The van der Waals surface area contributed by atoms with E-state index in [1.807, 2.05) is 17.1 Å². The van der Waals surface area contributed by atoms with E-state index in [0.717, 1.165) is 12.1 Å². The van der Waals surface area contributed by atoms with Gasteiger partial charge >= 0.3 is 0 Å². The van der Waals surface area contributed by atoms with E-state index >= 15 is 0 Å². The third kappa shape index (κ3) is 1.57. The Bertz CT molecular complexity index is 195. The van der Waals surface area contributed by atoms with Gasteiger partial charge in [-0.3, -0.25) is 4.68 Å². The number of nitrogens with zero attached hydrogens (tertiary/aromatic N) is 2. The normalized spacial score (nSPS) is 10.2. The van der Waals surface area contributed by atoms with Gasteiger partial charge in [-0.15, -0.1) is 0 Å². The molecule has 0 amide bonds. The van der Waals surface area contributed by atoms with Gasteiger partial charge in [0.15, 0.2) is 0 Å². The SMILES string of the molecule is CCn1cc(COC)cn1. The molecule has 3 heteroatoms. The van der Waals surface area contributed by atoms with E-state index < -0.39 is 0 Å². The molecule has 1 aromatic heterocycles. The lowest BCUT2D eigenvalue weighted by Gasteiger charge is -1.91. The minimum Gasteiger partial charge on any atom is -0.380 e. The van der Waals surface area contributed by atoms with Crippen LogP contribution >= 0.6 is 0 Å². The van der Waals surface area contributed by atoms with Crippen molar-refractivity contribution in [3.63, 3.8) is 0 Å². The minimum atomic E-state index is 0.653. The standard InChI is InChI=1S/C7H12N2O/c1-3-9-5-7(4-8-9)6-10-2/h4-5H,3,6H2,1-2H3. The maximum Gasteiger partial charge on any atom is 0.0743 e. The summed E-state index contributed by atoms with van der Waals surface area (Å²) in [5, 5.41) is 4.09. The highest BCUT2D eigenvalue weighted by atomic mass is 16.5. The van der Waals surface area contributed by atoms with E-state index in [-0.39, 0.29) is 0 Å². The largest absolute Gasteiger partial charge is 0.380 e. The molecule has 0 aliphatic rings. The summed E-state index contributed by atoms with van der Waals surface area (Å²) in [6.45, 7) is 3.63. The molecule has 0 unspecified atom stereocenters. The zero-order chi connectivity index (χ0) is 7.40. The van der Waals surface area contributed by atoms with Crippen LogP contribution in [0.25, 0.3) is 0 Å². The molecule has 0 aliphatic heterocycles. The number of hydrogen-bond acceptors (Lipinski definition) is 2. The molecule has 0 N–H and O–H groups in total. The molecule has 1 aromatic rings. The summed E-state index contributed by atoms with van der Waals surface area (Å²) in [7, 11) is 1.68. The summed E-state index contributed by atoms with van der Waals surface area (Å²) >= 11 is 0. The fourth-order valence-corrected chi connectivity index (χ4v) is 0.821. The minimum absolute atomic E-state index is 0.653. The summed E-state index contributed by atoms with van der Waals surface area (Å²) in [6.07, 6.45) is 3.82. The smallest absolute Gasteiger partial charge is 0.0743 e.